The minimum absolute atomic E-state index is 0.929. The summed E-state index contributed by atoms with van der Waals surface area (Å²) in [6.07, 6.45) is 0. The average Bonchev–Trinajstić information content (AvgIpc) is 1.81. The van der Waals surface area contributed by atoms with E-state index in [4.69, 9.17) is 5.26 Å². The molecule has 3 amide bonds. The lowest BCUT2D eigenvalue weighted by Gasteiger charge is -2.02. The Morgan fingerprint density at radius 1 is 1.50 bits per heavy atom. The van der Waals surface area contributed by atoms with Crippen molar-refractivity contribution in [2.24, 2.45) is 11.5 Å². The van der Waals surface area contributed by atoms with Gasteiger partial charge in [0, 0.05) is 0 Å². The second-order valence-corrected chi connectivity index (χ2v) is 1.47. The first-order valence-electron chi connectivity index (χ1n) is 2.33. The molecule has 6 nitrogen and oxygen atoms in total. The second kappa shape index (κ2) is 3.29. The number of primary amides is 2. The van der Waals surface area contributed by atoms with Crippen LogP contribution in [0.3, 0.4) is 0 Å². The van der Waals surface area contributed by atoms with Crippen molar-refractivity contribution >= 4 is 11.9 Å². The summed E-state index contributed by atoms with van der Waals surface area (Å²) in [4.78, 5) is 20.2. The summed E-state index contributed by atoms with van der Waals surface area (Å²) >= 11 is 0. The Morgan fingerprint density at radius 3 is 2.10 bits per heavy atom. The normalized spacial score (nSPS) is 11.1. The van der Waals surface area contributed by atoms with Gasteiger partial charge in [-0.25, -0.2) is 4.79 Å². The third-order valence-electron chi connectivity index (χ3n) is 0.700. The summed E-state index contributed by atoms with van der Waals surface area (Å²) in [5, 5.41) is 9.96. The van der Waals surface area contributed by atoms with E-state index in [2.05, 4.69) is 11.5 Å². The number of hydrogen-bond donors (Lipinski definition) is 3. The summed E-state index contributed by atoms with van der Waals surface area (Å²) in [5.41, 5.74) is 9.26. The Balaban J connectivity index is 4.00. The van der Waals surface area contributed by atoms with Gasteiger partial charge >= 0.3 is 6.03 Å². The molecular weight excluding hydrogens is 136 g/mol. The molecule has 0 radical (unpaired) electrons. The van der Waals surface area contributed by atoms with E-state index in [0.717, 1.165) is 0 Å². The number of carbonyl (C=O) groups is 2. The van der Waals surface area contributed by atoms with E-state index < -0.39 is 18.0 Å². The predicted octanol–water partition coefficient (Wildman–Crippen LogP) is -1.97. The molecule has 0 saturated carbocycles. The highest BCUT2D eigenvalue weighted by Gasteiger charge is 2.14. The van der Waals surface area contributed by atoms with Gasteiger partial charge in [0.15, 0.2) is 6.04 Å². The zero-order chi connectivity index (χ0) is 8.15. The molecule has 0 aromatic carbocycles. The van der Waals surface area contributed by atoms with Crippen molar-refractivity contribution in [2.45, 2.75) is 6.04 Å². The first kappa shape index (κ1) is 8.23. The smallest absolute Gasteiger partial charge is 0.313 e. The fraction of sp³-hybridized carbons (Fsp3) is 0.250. The average molecular weight is 142 g/mol. The van der Waals surface area contributed by atoms with Crippen LogP contribution in [0.2, 0.25) is 0 Å². The van der Waals surface area contributed by atoms with Crippen molar-refractivity contribution in [3.63, 3.8) is 0 Å². The quantitative estimate of drug-likeness (QED) is 0.414. The number of nitrogens with zero attached hydrogens (tertiary/aromatic N) is 1. The summed E-state index contributed by atoms with van der Waals surface area (Å²) < 4.78 is 0. The predicted molar refractivity (Wildman–Crippen MR) is 31.3 cm³/mol. The number of carbonyl (C=O) groups excluding carboxylic acids is 2. The number of urea groups is 1. The van der Waals surface area contributed by atoms with E-state index in [-0.39, 0.29) is 0 Å². The van der Waals surface area contributed by atoms with Gasteiger partial charge in [0.2, 0.25) is 0 Å². The molecule has 0 saturated heterocycles. The van der Waals surface area contributed by atoms with Gasteiger partial charge in [-0.05, 0) is 0 Å². The maximum Gasteiger partial charge on any atom is 0.313 e. The standard InChI is InChI=1S/C4H6N4O2/c5-1-2(3(6)9)8-4(7)10/h2H,(H2,6,9)(H3,7,8,10). The molecule has 0 aliphatic carbocycles. The van der Waals surface area contributed by atoms with Crippen molar-refractivity contribution < 1.29 is 9.59 Å². The van der Waals surface area contributed by atoms with Crippen LogP contribution < -0.4 is 16.8 Å². The van der Waals surface area contributed by atoms with Crippen molar-refractivity contribution in [3.8, 4) is 6.07 Å². The number of amides is 3. The number of nitriles is 1. The van der Waals surface area contributed by atoms with Crippen molar-refractivity contribution in [1.82, 2.24) is 5.32 Å². The Morgan fingerprint density at radius 2 is 2.00 bits per heavy atom. The lowest BCUT2D eigenvalue weighted by molar-refractivity contribution is -0.118. The van der Waals surface area contributed by atoms with Crippen molar-refractivity contribution in [1.29, 1.82) is 5.26 Å². The lowest BCUT2D eigenvalue weighted by Crippen LogP contribution is -2.45. The van der Waals surface area contributed by atoms with Gasteiger partial charge in [-0.3, -0.25) is 4.79 Å². The zero-order valence-corrected chi connectivity index (χ0v) is 5.00. The number of nitrogens with two attached hydrogens (primary N) is 2. The van der Waals surface area contributed by atoms with Gasteiger partial charge in [0.1, 0.15) is 0 Å². The van der Waals surface area contributed by atoms with E-state index in [1.807, 2.05) is 5.32 Å². The largest absolute Gasteiger partial charge is 0.367 e. The molecule has 6 heteroatoms. The van der Waals surface area contributed by atoms with Crippen molar-refractivity contribution in [3.05, 3.63) is 0 Å². The van der Waals surface area contributed by atoms with Gasteiger partial charge in [-0.15, -0.1) is 0 Å². The maximum atomic E-state index is 10.2. The summed E-state index contributed by atoms with van der Waals surface area (Å²) in [5.74, 6) is -0.929. The van der Waals surface area contributed by atoms with E-state index in [0.29, 0.717) is 0 Å². The van der Waals surface area contributed by atoms with Gasteiger partial charge in [0.05, 0.1) is 6.07 Å². The minimum atomic E-state index is -1.34. The first-order valence-corrected chi connectivity index (χ1v) is 2.33. The molecule has 0 aromatic heterocycles. The maximum absolute atomic E-state index is 10.2. The molecular formula is C4H6N4O2. The van der Waals surface area contributed by atoms with Crippen LogP contribution in [0.4, 0.5) is 4.79 Å². The van der Waals surface area contributed by atoms with E-state index >= 15 is 0 Å². The molecule has 0 rings (SSSR count). The molecule has 5 N–H and O–H groups in total. The summed E-state index contributed by atoms with van der Waals surface area (Å²) in [6.45, 7) is 0. The molecule has 0 bridgehead atoms. The Labute approximate surface area is 56.8 Å². The minimum Gasteiger partial charge on any atom is -0.367 e. The monoisotopic (exact) mass is 142 g/mol. The molecule has 54 valence electrons. The highest BCUT2D eigenvalue weighted by atomic mass is 16.2. The molecule has 0 heterocycles. The SMILES string of the molecule is N#CC(NC(N)=O)C(N)=O. The van der Waals surface area contributed by atoms with Gasteiger partial charge < -0.3 is 16.8 Å². The Bertz CT molecular complexity index is 194. The number of hydrogen-bond acceptors (Lipinski definition) is 3. The van der Waals surface area contributed by atoms with E-state index in [1.165, 1.54) is 6.07 Å². The van der Waals surface area contributed by atoms with E-state index in [9.17, 15) is 9.59 Å². The Hall–Kier alpha value is -1.77. The molecule has 0 fully saturated rings. The van der Waals surface area contributed by atoms with Crippen molar-refractivity contribution in [2.75, 3.05) is 0 Å². The van der Waals surface area contributed by atoms with E-state index in [1.54, 1.807) is 0 Å². The Kier molecular flexibility index (Phi) is 2.71. The molecule has 1 atom stereocenters. The fourth-order valence-electron chi connectivity index (χ4n) is 0.309. The topological polar surface area (TPSA) is 122 Å². The molecule has 0 aliphatic heterocycles. The molecule has 0 aliphatic rings. The van der Waals surface area contributed by atoms with Crippen LogP contribution in [-0.2, 0) is 4.79 Å². The number of nitrogens with one attached hydrogen (secondary N) is 1. The van der Waals surface area contributed by atoms with Gasteiger partial charge in [-0.2, -0.15) is 5.26 Å². The molecule has 0 spiro atoms. The van der Waals surface area contributed by atoms with Crippen LogP contribution in [0.1, 0.15) is 0 Å². The summed E-state index contributed by atoms with van der Waals surface area (Å²) in [6, 6.07) is -0.843. The highest BCUT2D eigenvalue weighted by Crippen LogP contribution is 1.75. The van der Waals surface area contributed by atoms with Crippen LogP contribution >= 0.6 is 0 Å². The highest BCUT2D eigenvalue weighted by molar-refractivity contribution is 5.87. The van der Waals surface area contributed by atoms with Gasteiger partial charge in [0.25, 0.3) is 5.91 Å². The molecule has 1 unspecified atom stereocenters. The lowest BCUT2D eigenvalue weighted by atomic mass is 10.3. The molecule has 10 heavy (non-hydrogen) atoms. The zero-order valence-electron chi connectivity index (χ0n) is 5.00. The number of rotatable bonds is 2. The van der Waals surface area contributed by atoms with Crippen LogP contribution in [0.15, 0.2) is 0 Å². The van der Waals surface area contributed by atoms with Crippen LogP contribution in [0.25, 0.3) is 0 Å². The summed E-state index contributed by atoms with van der Waals surface area (Å²) in [7, 11) is 0. The third kappa shape index (κ3) is 2.52. The second-order valence-electron chi connectivity index (χ2n) is 1.47. The van der Waals surface area contributed by atoms with Crippen LogP contribution in [0, 0.1) is 11.3 Å². The molecule has 0 aromatic rings. The fourth-order valence-corrected chi connectivity index (χ4v) is 0.309. The third-order valence-corrected chi connectivity index (χ3v) is 0.700. The van der Waals surface area contributed by atoms with Gasteiger partial charge in [-0.1, -0.05) is 0 Å². The first-order chi connectivity index (χ1) is 4.57. The van der Waals surface area contributed by atoms with Crippen LogP contribution in [0.5, 0.6) is 0 Å². The van der Waals surface area contributed by atoms with Crippen LogP contribution in [-0.4, -0.2) is 18.0 Å².